The maximum absolute atomic E-state index is 9.05. The van der Waals surface area contributed by atoms with Gasteiger partial charge in [0.05, 0.1) is 0 Å². The van der Waals surface area contributed by atoms with E-state index in [-0.39, 0.29) is 0 Å². The normalized spacial score (nSPS) is 18.5. The van der Waals surface area contributed by atoms with E-state index in [1.165, 1.54) is 10.5 Å². The molecule has 1 aliphatic heterocycles. The molecule has 0 unspecified atom stereocenters. The lowest BCUT2D eigenvalue weighted by Gasteiger charge is -2.39. The Kier molecular flexibility index (Phi) is 3.35. The first kappa shape index (κ1) is 12.3. The Labute approximate surface area is 101 Å². The van der Waals surface area contributed by atoms with Crippen LogP contribution in [0.25, 0.3) is 0 Å². The minimum atomic E-state index is -2.70. The van der Waals surface area contributed by atoms with Gasteiger partial charge in [0.1, 0.15) is 0 Å². The quantitative estimate of drug-likeness (QED) is 0.618. The van der Waals surface area contributed by atoms with Gasteiger partial charge in [-0.3, -0.25) is 0 Å². The second-order valence-corrected chi connectivity index (χ2v) is 4.41. The zero-order valence-corrected chi connectivity index (χ0v) is 9.87. The van der Waals surface area contributed by atoms with Crippen molar-refractivity contribution in [3.05, 3.63) is 29.8 Å². The monoisotopic (exact) mass is 238 g/mol. The molecule has 1 aromatic rings. The molecular formula is C12H18N2O3. The number of hydrogen-bond acceptors (Lipinski definition) is 5. The maximum Gasteiger partial charge on any atom is 0.345 e. The molecule has 0 bridgehead atoms. The predicted molar refractivity (Wildman–Crippen MR) is 64.4 cm³/mol. The first-order valence-corrected chi connectivity index (χ1v) is 5.70. The third-order valence-electron chi connectivity index (χ3n) is 3.10. The van der Waals surface area contributed by atoms with Crippen molar-refractivity contribution in [3.63, 3.8) is 0 Å². The van der Waals surface area contributed by atoms with Gasteiger partial charge in [-0.05, 0) is 19.1 Å². The zero-order valence-electron chi connectivity index (χ0n) is 9.87. The fourth-order valence-corrected chi connectivity index (χ4v) is 2.02. The minimum absolute atomic E-state index is 0.414. The molecule has 1 aromatic carbocycles. The van der Waals surface area contributed by atoms with E-state index in [1.54, 1.807) is 0 Å². The summed E-state index contributed by atoms with van der Waals surface area (Å²) in [5, 5.41) is 27.2. The van der Waals surface area contributed by atoms with Crippen LogP contribution in [0.15, 0.2) is 24.3 Å². The Balaban J connectivity index is 1.97. The predicted octanol–water partition coefficient (Wildman–Crippen LogP) is -0.295. The number of aryl methyl sites for hydroxylation is 1. The van der Waals surface area contributed by atoms with Crippen molar-refractivity contribution in [2.24, 2.45) is 0 Å². The van der Waals surface area contributed by atoms with Crippen molar-refractivity contribution in [1.29, 1.82) is 0 Å². The summed E-state index contributed by atoms with van der Waals surface area (Å²) in [4.78, 5) is 3.39. The lowest BCUT2D eigenvalue weighted by molar-refractivity contribution is -0.393. The number of nitrogens with zero attached hydrogens (tertiary/aromatic N) is 2. The molecular weight excluding hydrogens is 220 g/mol. The van der Waals surface area contributed by atoms with Crippen molar-refractivity contribution in [3.8, 4) is 0 Å². The van der Waals surface area contributed by atoms with Gasteiger partial charge in [0.15, 0.2) is 0 Å². The smallest absolute Gasteiger partial charge is 0.345 e. The third kappa shape index (κ3) is 2.95. The summed E-state index contributed by atoms with van der Waals surface area (Å²) in [6.45, 7) is 4.19. The lowest BCUT2D eigenvalue weighted by Crippen LogP contribution is -2.57. The number of piperazine rings is 1. The number of anilines is 1. The molecule has 0 saturated carbocycles. The van der Waals surface area contributed by atoms with Gasteiger partial charge in [-0.15, -0.1) is 0 Å². The van der Waals surface area contributed by atoms with Gasteiger partial charge in [0, 0.05) is 31.9 Å². The summed E-state index contributed by atoms with van der Waals surface area (Å²) < 4.78 is 0. The van der Waals surface area contributed by atoms with Crippen LogP contribution in [0.5, 0.6) is 0 Å². The summed E-state index contributed by atoms with van der Waals surface area (Å²) in [5.41, 5.74) is 2.34. The van der Waals surface area contributed by atoms with Crippen LogP contribution in [0.2, 0.25) is 0 Å². The van der Waals surface area contributed by atoms with Crippen molar-refractivity contribution in [2.45, 2.75) is 13.0 Å². The molecule has 17 heavy (non-hydrogen) atoms. The maximum atomic E-state index is 9.05. The second kappa shape index (κ2) is 4.62. The summed E-state index contributed by atoms with van der Waals surface area (Å²) in [7, 11) is 0. The van der Waals surface area contributed by atoms with Gasteiger partial charge in [0.2, 0.25) is 0 Å². The van der Waals surface area contributed by atoms with E-state index in [4.69, 9.17) is 15.3 Å². The number of aliphatic hydroxyl groups is 3. The Bertz CT molecular complexity index is 364. The fourth-order valence-electron chi connectivity index (χ4n) is 2.02. The molecule has 0 amide bonds. The van der Waals surface area contributed by atoms with E-state index in [2.05, 4.69) is 29.2 Å². The first-order chi connectivity index (χ1) is 7.97. The highest BCUT2D eigenvalue weighted by Crippen LogP contribution is 2.18. The van der Waals surface area contributed by atoms with Crippen molar-refractivity contribution >= 4 is 5.69 Å². The highest BCUT2D eigenvalue weighted by Gasteiger charge is 2.32. The molecule has 3 N–H and O–H groups in total. The van der Waals surface area contributed by atoms with E-state index in [0.29, 0.717) is 26.2 Å². The van der Waals surface area contributed by atoms with Gasteiger partial charge >= 0.3 is 6.10 Å². The summed E-state index contributed by atoms with van der Waals surface area (Å²) in [6, 6.07) is 8.20. The SMILES string of the molecule is Cc1ccc(N2CCN(C(O)(O)O)CC2)cc1. The van der Waals surface area contributed by atoms with Crippen molar-refractivity contribution < 1.29 is 15.3 Å². The number of rotatable bonds is 2. The van der Waals surface area contributed by atoms with Gasteiger partial charge < -0.3 is 20.2 Å². The minimum Gasteiger partial charge on any atom is -0.369 e. The molecule has 5 nitrogen and oxygen atoms in total. The molecule has 5 heteroatoms. The molecule has 0 radical (unpaired) electrons. The molecule has 94 valence electrons. The Hall–Kier alpha value is -1.14. The van der Waals surface area contributed by atoms with Gasteiger partial charge in [-0.1, -0.05) is 17.7 Å². The number of benzene rings is 1. The van der Waals surface area contributed by atoms with E-state index >= 15 is 0 Å². The molecule has 0 atom stereocenters. The molecule has 1 saturated heterocycles. The highest BCUT2D eigenvalue weighted by molar-refractivity contribution is 5.47. The van der Waals surface area contributed by atoms with Crippen LogP contribution < -0.4 is 4.90 Å². The molecule has 0 aromatic heterocycles. The molecule has 1 aliphatic rings. The van der Waals surface area contributed by atoms with Crippen LogP contribution in [0.4, 0.5) is 5.69 Å². The van der Waals surface area contributed by atoms with Crippen molar-refractivity contribution in [1.82, 2.24) is 4.90 Å². The van der Waals surface area contributed by atoms with Crippen LogP contribution in [0.3, 0.4) is 0 Å². The average molecular weight is 238 g/mol. The van der Waals surface area contributed by atoms with Crippen LogP contribution in [0.1, 0.15) is 5.56 Å². The molecule has 0 aliphatic carbocycles. The largest absolute Gasteiger partial charge is 0.369 e. The highest BCUT2D eigenvalue weighted by atomic mass is 16.7. The van der Waals surface area contributed by atoms with Gasteiger partial charge in [-0.25, -0.2) is 4.90 Å². The molecule has 0 spiro atoms. The van der Waals surface area contributed by atoms with Crippen molar-refractivity contribution in [2.75, 3.05) is 31.1 Å². The van der Waals surface area contributed by atoms with E-state index in [0.717, 1.165) is 5.69 Å². The lowest BCUT2D eigenvalue weighted by atomic mass is 10.2. The van der Waals surface area contributed by atoms with Crippen LogP contribution in [-0.4, -0.2) is 52.5 Å². The Morgan fingerprint density at radius 2 is 1.47 bits per heavy atom. The summed E-state index contributed by atoms with van der Waals surface area (Å²) in [5.74, 6) is 0. The van der Waals surface area contributed by atoms with Gasteiger partial charge in [-0.2, -0.15) is 0 Å². The van der Waals surface area contributed by atoms with Gasteiger partial charge in [0.25, 0.3) is 0 Å². The standard InChI is InChI=1S/C12H18N2O3/c1-10-2-4-11(5-3-10)13-6-8-14(9-7-13)12(15,16)17/h2-5,15-17H,6-9H2,1H3. The number of hydrogen-bond donors (Lipinski definition) is 3. The van der Waals surface area contributed by atoms with Crippen LogP contribution in [-0.2, 0) is 0 Å². The van der Waals surface area contributed by atoms with E-state index in [9.17, 15) is 0 Å². The zero-order chi connectivity index (χ0) is 12.5. The topological polar surface area (TPSA) is 67.2 Å². The third-order valence-corrected chi connectivity index (χ3v) is 3.10. The van der Waals surface area contributed by atoms with E-state index < -0.39 is 6.10 Å². The molecule has 1 heterocycles. The average Bonchev–Trinajstić information content (AvgIpc) is 2.29. The molecule has 2 rings (SSSR count). The van der Waals surface area contributed by atoms with Crippen LogP contribution >= 0.6 is 0 Å². The van der Waals surface area contributed by atoms with E-state index in [1.807, 2.05) is 6.92 Å². The summed E-state index contributed by atoms with van der Waals surface area (Å²) in [6.07, 6.45) is -2.70. The summed E-state index contributed by atoms with van der Waals surface area (Å²) >= 11 is 0. The van der Waals surface area contributed by atoms with Crippen LogP contribution in [0, 0.1) is 6.92 Å². The second-order valence-electron chi connectivity index (χ2n) is 4.41. The Morgan fingerprint density at radius 1 is 0.941 bits per heavy atom. The molecule has 1 fully saturated rings. The first-order valence-electron chi connectivity index (χ1n) is 5.70. The fraction of sp³-hybridized carbons (Fsp3) is 0.500. The Morgan fingerprint density at radius 3 is 1.94 bits per heavy atom.